The normalized spacial score (nSPS) is 19.2. The van der Waals surface area contributed by atoms with Crippen molar-refractivity contribution in [2.75, 3.05) is 0 Å². The Morgan fingerprint density at radius 2 is 2.17 bits per heavy atom. The van der Waals surface area contributed by atoms with Crippen LogP contribution in [0.1, 0.15) is 39.4 Å². The van der Waals surface area contributed by atoms with E-state index >= 15 is 0 Å². The Kier molecular flexibility index (Phi) is 4.10. The second-order valence-electron chi connectivity index (χ2n) is 5.90. The molecule has 23 heavy (non-hydrogen) atoms. The number of hydrogen-bond acceptors (Lipinski definition) is 3. The van der Waals surface area contributed by atoms with Crippen molar-refractivity contribution in [1.29, 1.82) is 0 Å². The molecule has 1 aliphatic rings. The van der Waals surface area contributed by atoms with Gasteiger partial charge in [-0.1, -0.05) is 12.1 Å². The summed E-state index contributed by atoms with van der Waals surface area (Å²) in [6.45, 7) is 2.35. The van der Waals surface area contributed by atoms with Crippen molar-refractivity contribution in [3.8, 4) is 0 Å². The third-order valence-electron chi connectivity index (χ3n) is 4.21. The Hall–Kier alpha value is -2.69. The maximum Gasteiger partial charge on any atom is 0.307 e. The summed E-state index contributed by atoms with van der Waals surface area (Å²) in [6.07, 6.45) is 4.09. The first kappa shape index (κ1) is 15.2. The summed E-state index contributed by atoms with van der Waals surface area (Å²) >= 11 is 0. The maximum atomic E-state index is 12.2. The summed E-state index contributed by atoms with van der Waals surface area (Å²) in [6, 6.07) is 9.20. The van der Waals surface area contributed by atoms with E-state index in [1.54, 1.807) is 18.5 Å². The van der Waals surface area contributed by atoms with Gasteiger partial charge < -0.3 is 10.4 Å². The summed E-state index contributed by atoms with van der Waals surface area (Å²) in [5, 5.41) is 11.9. The van der Waals surface area contributed by atoms with Crippen LogP contribution in [0.5, 0.6) is 0 Å². The minimum atomic E-state index is -0.743. The Labute approximate surface area is 134 Å². The van der Waals surface area contributed by atoms with Gasteiger partial charge in [0.05, 0.1) is 5.92 Å². The highest BCUT2D eigenvalue weighted by molar-refractivity contribution is 5.94. The van der Waals surface area contributed by atoms with Crippen LogP contribution in [0.15, 0.2) is 42.7 Å². The molecule has 0 aliphatic heterocycles. The van der Waals surface area contributed by atoms with Gasteiger partial charge in [0.2, 0.25) is 0 Å². The quantitative estimate of drug-likeness (QED) is 0.889. The fourth-order valence-corrected chi connectivity index (χ4v) is 2.83. The summed E-state index contributed by atoms with van der Waals surface area (Å²) in [5.41, 5.74) is 3.52. The molecular formula is C18H18N2O3. The van der Waals surface area contributed by atoms with E-state index in [1.807, 2.05) is 31.2 Å². The van der Waals surface area contributed by atoms with Crippen LogP contribution in [0, 0.1) is 12.8 Å². The monoisotopic (exact) mass is 310 g/mol. The highest BCUT2D eigenvalue weighted by Crippen LogP contribution is 2.48. The van der Waals surface area contributed by atoms with Crippen LogP contribution >= 0.6 is 0 Å². The fourth-order valence-electron chi connectivity index (χ4n) is 2.83. The van der Waals surface area contributed by atoms with E-state index < -0.39 is 5.97 Å². The van der Waals surface area contributed by atoms with Gasteiger partial charge in [0.1, 0.15) is 0 Å². The molecule has 0 unspecified atom stereocenters. The summed E-state index contributed by atoms with van der Waals surface area (Å²) in [5.74, 6) is -1.08. The molecule has 118 valence electrons. The second kappa shape index (κ2) is 6.20. The van der Waals surface area contributed by atoms with E-state index in [2.05, 4.69) is 10.3 Å². The summed E-state index contributed by atoms with van der Waals surface area (Å²) < 4.78 is 0. The number of rotatable bonds is 5. The van der Waals surface area contributed by atoms with Crippen molar-refractivity contribution in [1.82, 2.24) is 10.3 Å². The molecule has 0 saturated heterocycles. The lowest BCUT2D eigenvalue weighted by Gasteiger charge is -2.09. The number of pyridine rings is 1. The molecule has 1 saturated carbocycles. The van der Waals surface area contributed by atoms with Crippen LogP contribution in [0.25, 0.3) is 0 Å². The molecule has 0 spiro atoms. The first-order valence-corrected chi connectivity index (χ1v) is 7.56. The van der Waals surface area contributed by atoms with Gasteiger partial charge in [0.15, 0.2) is 0 Å². The smallest absolute Gasteiger partial charge is 0.307 e. The first-order valence-electron chi connectivity index (χ1n) is 7.56. The molecule has 2 atom stereocenters. The molecule has 0 bridgehead atoms. The van der Waals surface area contributed by atoms with Crippen LogP contribution in [-0.2, 0) is 11.3 Å². The molecule has 0 radical (unpaired) electrons. The molecule has 1 aliphatic carbocycles. The second-order valence-corrected chi connectivity index (χ2v) is 5.90. The first-order chi connectivity index (χ1) is 11.1. The van der Waals surface area contributed by atoms with Crippen LogP contribution in [0.4, 0.5) is 0 Å². The van der Waals surface area contributed by atoms with Crippen molar-refractivity contribution in [3.63, 3.8) is 0 Å². The molecule has 1 fully saturated rings. The SMILES string of the molecule is Cc1cc(C(=O)NCc2cccnc2)ccc1[C@@H]1C[C@H]1C(=O)O. The topological polar surface area (TPSA) is 79.3 Å². The number of carbonyl (C=O) groups excluding carboxylic acids is 1. The number of carboxylic acids is 1. The standard InChI is InChI=1S/C18H18N2O3/c1-11-7-13(4-5-14(11)15-8-16(15)18(22)23)17(21)20-10-12-3-2-6-19-9-12/h2-7,9,15-16H,8,10H2,1H3,(H,20,21)(H,22,23)/t15-,16+/m0/s1. The maximum absolute atomic E-state index is 12.2. The molecule has 5 nitrogen and oxygen atoms in total. The highest BCUT2D eigenvalue weighted by Gasteiger charge is 2.44. The third-order valence-corrected chi connectivity index (χ3v) is 4.21. The minimum Gasteiger partial charge on any atom is -0.481 e. The molecule has 2 aromatic rings. The minimum absolute atomic E-state index is 0.0833. The largest absolute Gasteiger partial charge is 0.481 e. The number of carboxylic acid groups (broad SMARTS) is 1. The summed E-state index contributed by atoms with van der Waals surface area (Å²) in [7, 11) is 0. The van der Waals surface area contributed by atoms with E-state index in [1.165, 1.54) is 0 Å². The van der Waals surface area contributed by atoms with E-state index in [0.717, 1.165) is 16.7 Å². The molecule has 3 rings (SSSR count). The van der Waals surface area contributed by atoms with Crippen molar-refractivity contribution in [2.45, 2.75) is 25.8 Å². The van der Waals surface area contributed by atoms with Crippen LogP contribution in [0.3, 0.4) is 0 Å². The van der Waals surface area contributed by atoms with Gasteiger partial charge >= 0.3 is 5.97 Å². The zero-order valence-electron chi connectivity index (χ0n) is 12.8. The Morgan fingerprint density at radius 3 is 2.78 bits per heavy atom. The molecule has 1 heterocycles. The van der Waals surface area contributed by atoms with E-state index in [-0.39, 0.29) is 17.7 Å². The molecule has 1 aromatic heterocycles. The average molecular weight is 310 g/mol. The summed E-state index contributed by atoms with van der Waals surface area (Å²) in [4.78, 5) is 27.2. The van der Waals surface area contributed by atoms with Gasteiger partial charge in [0.25, 0.3) is 5.91 Å². The number of nitrogens with zero attached hydrogens (tertiary/aromatic N) is 1. The lowest BCUT2D eigenvalue weighted by atomic mass is 10.00. The Morgan fingerprint density at radius 1 is 1.35 bits per heavy atom. The highest BCUT2D eigenvalue weighted by atomic mass is 16.4. The van der Waals surface area contributed by atoms with Gasteiger partial charge in [-0.25, -0.2) is 0 Å². The van der Waals surface area contributed by atoms with Gasteiger partial charge in [-0.05, 0) is 54.2 Å². The molecule has 1 aromatic carbocycles. The van der Waals surface area contributed by atoms with Crippen molar-refractivity contribution < 1.29 is 14.7 Å². The zero-order valence-corrected chi connectivity index (χ0v) is 12.8. The number of aliphatic carboxylic acids is 1. The number of amides is 1. The Balaban J connectivity index is 1.65. The fraction of sp³-hybridized carbons (Fsp3) is 0.278. The van der Waals surface area contributed by atoms with Crippen molar-refractivity contribution in [3.05, 3.63) is 65.0 Å². The van der Waals surface area contributed by atoms with Gasteiger partial charge in [-0.15, -0.1) is 0 Å². The number of benzene rings is 1. The third kappa shape index (κ3) is 3.39. The Bertz CT molecular complexity index is 743. The number of carbonyl (C=O) groups is 2. The van der Waals surface area contributed by atoms with Crippen LogP contribution < -0.4 is 5.32 Å². The number of aryl methyl sites for hydroxylation is 1. The molecule has 5 heteroatoms. The van der Waals surface area contributed by atoms with Crippen molar-refractivity contribution >= 4 is 11.9 Å². The number of hydrogen-bond donors (Lipinski definition) is 2. The van der Waals surface area contributed by atoms with Crippen LogP contribution in [0.2, 0.25) is 0 Å². The molecule has 2 N–H and O–H groups in total. The van der Waals surface area contributed by atoms with Crippen LogP contribution in [-0.4, -0.2) is 22.0 Å². The van der Waals surface area contributed by atoms with Gasteiger partial charge in [0, 0.05) is 24.5 Å². The van der Waals surface area contributed by atoms with Crippen molar-refractivity contribution in [2.24, 2.45) is 5.92 Å². The average Bonchev–Trinajstić information content (AvgIpc) is 3.34. The van der Waals surface area contributed by atoms with E-state index in [9.17, 15) is 9.59 Å². The predicted octanol–water partition coefficient (Wildman–Crippen LogP) is 2.51. The number of nitrogens with one attached hydrogen (secondary N) is 1. The lowest BCUT2D eigenvalue weighted by molar-refractivity contribution is -0.138. The lowest BCUT2D eigenvalue weighted by Crippen LogP contribution is -2.23. The van der Waals surface area contributed by atoms with Gasteiger partial charge in [-0.3, -0.25) is 14.6 Å². The predicted molar refractivity (Wildman–Crippen MR) is 85.1 cm³/mol. The number of aromatic nitrogens is 1. The molecule has 1 amide bonds. The van der Waals surface area contributed by atoms with Gasteiger partial charge in [-0.2, -0.15) is 0 Å². The molecular weight excluding hydrogens is 292 g/mol. The van der Waals surface area contributed by atoms with E-state index in [4.69, 9.17) is 5.11 Å². The van der Waals surface area contributed by atoms with E-state index in [0.29, 0.717) is 18.5 Å². The zero-order chi connectivity index (χ0) is 16.4.